The van der Waals surface area contributed by atoms with Gasteiger partial charge in [0.25, 0.3) is 0 Å². The van der Waals surface area contributed by atoms with Gasteiger partial charge in [0.2, 0.25) is 11.8 Å². The van der Waals surface area contributed by atoms with E-state index in [2.05, 4.69) is 21.2 Å². The van der Waals surface area contributed by atoms with Gasteiger partial charge in [0, 0.05) is 42.0 Å². The number of aromatic nitrogens is 3. The number of benzene rings is 1. The van der Waals surface area contributed by atoms with Crippen LogP contribution in [0.2, 0.25) is 0 Å². The molecule has 6 rings (SSSR count). The molecule has 1 amide bonds. The topological polar surface area (TPSA) is 85.3 Å². The average molecular weight is 461 g/mol. The minimum Gasteiger partial charge on any atom is -0.440 e. The number of hydrogen-bond acceptors (Lipinski definition) is 6. The van der Waals surface area contributed by atoms with Gasteiger partial charge < -0.3 is 13.8 Å². The lowest BCUT2D eigenvalue weighted by atomic mass is 9.84. The van der Waals surface area contributed by atoms with Crippen LogP contribution in [0.25, 0.3) is 11.3 Å². The molecule has 3 aromatic rings. The molecule has 0 N–H and O–H groups in total. The van der Waals surface area contributed by atoms with Crippen molar-refractivity contribution in [2.45, 2.75) is 82.5 Å². The third-order valence-corrected chi connectivity index (χ3v) is 7.31. The van der Waals surface area contributed by atoms with Gasteiger partial charge in [0.15, 0.2) is 17.5 Å². The van der Waals surface area contributed by atoms with Crippen LogP contribution >= 0.6 is 0 Å². The highest BCUT2D eigenvalue weighted by molar-refractivity contribution is 5.96. The Kier molecular flexibility index (Phi) is 5.93. The van der Waals surface area contributed by atoms with Crippen LogP contribution in [0.5, 0.6) is 0 Å². The van der Waals surface area contributed by atoms with Crippen LogP contribution in [-0.2, 0) is 11.2 Å². The third kappa shape index (κ3) is 4.79. The van der Waals surface area contributed by atoms with E-state index in [1.807, 2.05) is 29.3 Å². The Bertz CT molecular complexity index is 1140. The van der Waals surface area contributed by atoms with E-state index >= 15 is 0 Å². The lowest BCUT2D eigenvalue weighted by Crippen LogP contribution is -2.39. The summed E-state index contributed by atoms with van der Waals surface area (Å²) in [5.41, 5.74) is 1.93. The number of rotatable bonds is 11. The molecule has 7 heteroatoms. The number of amides is 1. The molecule has 2 heterocycles. The van der Waals surface area contributed by atoms with Crippen LogP contribution in [0.1, 0.15) is 93.6 Å². The standard InChI is InChI=1S/C27H32N4O3/c32-27(20-6-4-7-20)31(15-3-1-2-10-24-29-25(30-34-24)18-11-12-18)22-9-5-8-21(16-22)23-17-28-26(33-23)19-13-14-19/h5,8-9,16-20H,1-4,6-7,10-15H2. The Balaban J connectivity index is 1.09. The van der Waals surface area contributed by atoms with Crippen LogP contribution in [0.3, 0.4) is 0 Å². The van der Waals surface area contributed by atoms with E-state index in [9.17, 15) is 4.79 Å². The second kappa shape index (κ2) is 9.35. The van der Waals surface area contributed by atoms with Crippen molar-refractivity contribution >= 4 is 11.6 Å². The smallest absolute Gasteiger partial charge is 0.230 e. The number of carbonyl (C=O) groups is 1. The summed E-state index contributed by atoms with van der Waals surface area (Å²) in [6.45, 7) is 0.722. The first kappa shape index (κ1) is 21.6. The second-order valence-electron chi connectivity index (χ2n) is 10.1. The Morgan fingerprint density at radius 1 is 1.03 bits per heavy atom. The van der Waals surface area contributed by atoms with Gasteiger partial charge in [-0.05, 0) is 63.5 Å². The zero-order chi connectivity index (χ0) is 22.9. The van der Waals surface area contributed by atoms with E-state index in [-0.39, 0.29) is 11.8 Å². The molecule has 34 heavy (non-hydrogen) atoms. The SMILES string of the molecule is O=C(C1CCC1)N(CCCCCc1nc(C2CC2)no1)c1cccc(-c2cnc(C3CC3)o2)c1. The van der Waals surface area contributed by atoms with Crippen molar-refractivity contribution in [3.8, 4) is 11.3 Å². The highest BCUT2D eigenvalue weighted by Crippen LogP contribution is 2.41. The minimum absolute atomic E-state index is 0.162. The van der Waals surface area contributed by atoms with Crippen molar-refractivity contribution in [1.82, 2.24) is 15.1 Å². The fourth-order valence-corrected chi connectivity index (χ4v) is 4.61. The molecule has 3 saturated carbocycles. The number of anilines is 1. The van der Waals surface area contributed by atoms with Crippen molar-refractivity contribution in [1.29, 1.82) is 0 Å². The number of unbranched alkanes of at least 4 members (excludes halogenated alkanes) is 2. The number of aryl methyl sites for hydroxylation is 1. The first-order valence-electron chi connectivity index (χ1n) is 12.9. The van der Waals surface area contributed by atoms with Gasteiger partial charge in [-0.1, -0.05) is 30.1 Å². The summed E-state index contributed by atoms with van der Waals surface area (Å²) in [6.07, 6.45) is 13.4. The summed E-state index contributed by atoms with van der Waals surface area (Å²) < 4.78 is 11.4. The molecule has 178 valence electrons. The van der Waals surface area contributed by atoms with E-state index in [1.54, 1.807) is 0 Å². The van der Waals surface area contributed by atoms with Crippen molar-refractivity contribution in [2.24, 2.45) is 5.92 Å². The molecule has 0 bridgehead atoms. The van der Waals surface area contributed by atoms with E-state index < -0.39 is 0 Å². The molecular weight excluding hydrogens is 428 g/mol. The zero-order valence-electron chi connectivity index (χ0n) is 19.6. The number of hydrogen-bond donors (Lipinski definition) is 0. The molecule has 0 spiro atoms. The maximum absolute atomic E-state index is 13.3. The van der Waals surface area contributed by atoms with E-state index in [0.29, 0.717) is 11.8 Å². The highest BCUT2D eigenvalue weighted by Gasteiger charge is 2.31. The van der Waals surface area contributed by atoms with Crippen molar-refractivity contribution in [2.75, 3.05) is 11.4 Å². The fourth-order valence-electron chi connectivity index (χ4n) is 4.61. The van der Waals surface area contributed by atoms with Gasteiger partial charge >= 0.3 is 0 Å². The van der Waals surface area contributed by atoms with Crippen LogP contribution in [0.4, 0.5) is 5.69 Å². The molecule has 0 radical (unpaired) electrons. The van der Waals surface area contributed by atoms with Crippen LogP contribution < -0.4 is 4.90 Å². The summed E-state index contributed by atoms with van der Waals surface area (Å²) in [4.78, 5) is 24.3. The summed E-state index contributed by atoms with van der Waals surface area (Å²) in [7, 11) is 0. The molecule has 3 fully saturated rings. The van der Waals surface area contributed by atoms with Crippen molar-refractivity contribution < 1.29 is 13.7 Å². The summed E-state index contributed by atoms with van der Waals surface area (Å²) in [6, 6.07) is 8.16. The lowest BCUT2D eigenvalue weighted by Gasteiger charge is -2.32. The van der Waals surface area contributed by atoms with E-state index in [0.717, 1.165) is 98.9 Å². The predicted octanol–water partition coefficient (Wildman–Crippen LogP) is 6.03. The summed E-state index contributed by atoms with van der Waals surface area (Å²) in [5.74, 6) is 4.67. The molecule has 0 unspecified atom stereocenters. The molecular formula is C27H32N4O3. The zero-order valence-corrected chi connectivity index (χ0v) is 19.6. The monoisotopic (exact) mass is 460 g/mol. The maximum Gasteiger partial charge on any atom is 0.230 e. The number of nitrogens with zero attached hydrogens (tertiary/aromatic N) is 4. The first-order valence-corrected chi connectivity index (χ1v) is 12.9. The molecule has 0 aliphatic heterocycles. The largest absolute Gasteiger partial charge is 0.440 e. The number of carbonyl (C=O) groups excluding carboxylic acids is 1. The van der Waals surface area contributed by atoms with Gasteiger partial charge in [-0.25, -0.2) is 4.98 Å². The van der Waals surface area contributed by atoms with Gasteiger partial charge in [-0.2, -0.15) is 4.98 Å². The number of oxazole rings is 1. The molecule has 2 aromatic heterocycles. The third-order valence-electron chi connectivity index (χ3n) is 7.31. The molecule has 0 atom stereocenters. The minimum atomic E-state index is 0.162. The normalized spacial score (nSPS) is 18.1. The molecule has 3 aliphatic carbocycles. The Morgan fingerprint density at radius 3 is 2.65 bits per heavy atom. The first-order chi connectivity index (χ1) is 16.7. The lowest BCUT2D eigenvalue weighted by molar-refractivity contribution is -0.124. The van der Waals surface area contributed by atoms with Crippen LogP contribution in [-0.4, -0.2) is 27.6 Å². The quantitative estimate of drug-likeness (QED) is 0.325. The van der Waals surface area contributed by atoms with Gasteiger partial charge in [-0.15, -0.1) is 0 Å². The van der Waals surface area contributed by atoms with E-state index in [4.69, 9.17) is 8.94 Å². The highest BCUT2D eigenvalue weighted by atomic mass is 16.5. The Morgan fingerprint density at radius 2 is 1.88 bits per heavy atom. The molecule has 0 saturated heterocycles. The molecule has 1 aromatic carbocycles. The van der Waals surface area contributed by atoms with Crippen molar-refractivity contribution in [3.63, 3.8) is 0 Å². The van der Waals surface area contributed by atoms with Crippen LogP contribution in [0.15, 0.2) is 39.4 Å². The molecule has 3 aliphatic rings. The predicted molar refractivity (Wildman–Crippen MR) is 127 cm³/mol. The Hall–Kier alpha value is -2.96. The van der Waals surface area contributed by atoms with Crippen LogP contribution in [0, 0.1) is 5.92 Å². The summed E-state index contributed by atoms with van der Waals surface area (Å²) >= 11 is 0. The van der Waals surface area contributed by atoms with Gasteiger partial charge in [0.05, 0.1) is 6.20 Å². The van der Waals surface area contributed by atoms with Gasteiger partial charge in [-0.3, -0.25) is 4.79 Å². The van der Waals surface area contributed by atoms with Crippen molar-refractivity contribution in [3.05, 3.63) is 48.1 Å². The summed E-state index contributed by atoms with van der Waals surface area (Å²) in [5, 5.41) is 4.10. The second-order valence-corrected chi connectivity index (χ2v) is 10.1. The average Bonchev–Trinajstić information content (AvgIpc) is 3.75. The Labute approximate surface area is 199 Å². The van der Waals surface area contributed by atoms with Gasteiger partial charge in [0.1, 0.15) is 0 Å². The maximum atomic E-state index is 13.3. The molecule has 7 nitrogen and oxygen atoms in total. The fraction of sp³-hybridized carbons (Fsp3) is 0.556. The van der Waals surface area contributed by atoms with E-state index in [1.165, 1.54) is 12.8 Å².